The Bertz CT molecular complexity index is 998. The molecule has 1 aliphatic rings. The van der Waals surface area contributed by atoms with Crippen molar-refractivity contribution in [3.63, 3.8) is 0 Å². The molecule has 140 valence electrons. The van der Waals surface area contributed by atoms with Crippen molar-refractivity contribution < 1.29 is 14.3 Å². The minimum Gasteiger partial charge on any atom is -0.385 e. The average molecular weight is 389 g/mol. The standard InChI is InChI=1S/C19H18ClFN4O2/c20-14-6-3-5-13(16(14)21)19(27)8-10-25(11-9-19)18(26)22-17-12-4-1-2-7-15(12)23-24-17/h1-7,27H,8-11H2,(H2,22,23,24,26). The second-order valence-electron chi connectivity index (χ2n) is 6.67. The molecule has 0 atom stereocenters. The second-order valence-corrected chi connectivity index (χ2v) is 7.08. The molecule has 3 N–H and O–H groups in total. The summed E-state index contributed by atoms with van der Waals surface area (Å²) in [4.78, 5) is 14.1. The van der Waals surface area contributed by atoms with Gasteiger partial charge in [-0.05, 0) is 31.0 Å². The summed E-state index contributed by atoms with van der Waals surface area (Å²) in [5.41, 5.74) is -0.337. The number of nitrogens with one attached hydrogen (secondary N) is 2. The smallest absolute Gasteiger partial charge is 0.323 e. The molecule has 0 radical (unpaired) electrons. The van der Waals surface area contributed by atoms with Gasteiger partial charge < -0.3 is 10.0 Å². The molecule has 4 rings (SSSR count). The van der Waals surface area contributed by atoms with Gasteiger partial charge in [-0.25, -0.2) is 9.18 Å². The number of piperidine rings is 1. The van der Waals surface area contributed by atoms with Crippen LogP contribution in [0, 0.1) is 5.82 Å². The molecule has 6 nitrogen and oxygen atoms in total. The summed E-state index contributed by atoms with van der Waals surface area (Å²) in [6.45, 7) is 0.577. The van der Waals surface area contributed by atoms with Gasteiger partial charge in [0.25, 0.3) is 0 Å². The van der Waals surface area contributed by atoms with Crippen molar-refractivity contribution in [3.8, 4) is 0 Å². The van der Waals surface area contributed by atoms with Gasteiger partial charge in [0.05, 0.1) is 16.1 Å². The fourth-order valence-electron chi connectivity index (χ4n) is 3.45. The predicted octanol–water partition coefficient (Wildman–Crippen LogP) is 3.87. The summed E-state index contributed by atoms with van der Waals surface area (Å²) in [7, 11) is 0. The largest absolute Gasteiger partial charge is 0.385 e. The Balaban J connectivity index is 1.46. The maximum Gasteiger partial charge on any atom is 0.323 e. The van der Waals surface area contributed by atoms with Crippen LogP contribution in [0.5, 0.6) is 0 Å². The molecule has 2 aromatic carbocycles. The van der Waals surface area contributed by atoms with Crippen molar-refractivity contribution in [1.29, 1.82) is 0 Å². The van der Waals surface area contributed by atoms with Crippen LogP contribution in [0.15, 0.2) is 42.5 Å². The van der Waals surface area contributed by atoms with E-state index in [-0.39, 0.29) is 42.5 Å². The minimum absolute atomic E-state index is 0.0218. The summed E-state index contributed by atoms with van der Waals surface area (Å²) in [5, 5.41) is 21.5. The number of benzene rings is 2. The maximum absolute atomic E-state index is 14.3. The monoisotopic (exact) mass is 388 g/mol. The van der Waals surface area contributed by atoms with Gasteiger partial charge in [-0.1, -0.05) is 35.9 Å². The minimum atomic E-state index is -1.34. The number of halogens is 2. The van der Waals surface area contributed by atoms with Gasteiger partial charge in [-0.3, -0.25) is 10.4 Å². The highest BCUT2D eigenvalue weighted by Gasteiger charge is 2.38. The molecule has 2 amide bonds. The van der Waals surface area contributed by atoms with Gasteiger partial charge in [0.15, 0.2) is 5.82 Å². The van der Waals surface area contributed by atoms with Crippen LogP contribution in [0.3, 0.4) is 0 Å². The molecule has 2 heterocycles. The van der Waals surface area contributed by atoms with E-state index in [1.165, 1.54) is 12.1 Å². The number of carbonyl (C=O) groups excluding carboxylic acids is 1. The highest BCUT2D eigenvalue weighted by atomic mass is 35.5. The number of fused-ring (bicyclic) bond motifs is 1. The first-order valence-corrected chi connectivity index (χ1v) is 9.02. The van der Waals surface area contributed by atoms with Crippen molar-refractivity contribution in [2.45, 2.75) is 18.4 Å². The van der Waals surface area contributed by atoms with Crippen LogP contribution in [-0.2, 0) is 5.60 Å². The Kier molecular flexibility index (Phi) is 4.49. The number of urea groups is 1. The third kappa shape index (κ3) is 3.24. The molecule has 0 saturated carbocycles. The molecule has 27 heavy (non-hydrogen) atoms. The molecule has 1 aliphatic heterocycles. The number of nitrogens with zero attached hydrogens (tertiary/aromatic N) is 2. The highest BCUT2D eigenvalue weighted by Crippen LogP contribution is 2.36. The highest BCUT2D eigenvalue weighted by molar-refractivity contribution is 6.30. The Morgan fingerprint density at radius 1 is 1.22 bits per heavy atom. The first-order valence-electron chi connectivity index (χ1n) is 8.64. The van der Waals surface area contributed by atoms with Gasteiger partial charge in [-0.2, -0.15) is 5.10 Å². The number of hydrogen-bond donors (Lipinski definition) is 3. The summed E-state index contributed by atoms with van der Waals surface area (Å²) in [5.74, 6) is -0.153. The number of rotatable bonds is 2. The number of H-pyrrole nitrogens is 1. The lowest BCUT2D eigenvalue weighted by molar-refractivity contribution is -0.0184. The van der Waals surface area contributed by atoms with Crippen LogP contribution in [0.1, 0.15) is 18.4 Å². The summed E-state index contributed by atoms with van der Waals surface area (Å²) in [6.07, 6.45) is 0.442. The third-order valence-electron chi connectivity index (χ3n) is 5.03. The summed E-state index contributed by atoms with van der Waals surface area (Å²) in [6, 6.07) is 11.8. The normalized spacial score (nSPS) is 16.5. The zero-order valence-electron chi connectivity index (χ0n) is 14.4. The van der Waals surface area contributed by atoms with E-state index in [2.05, 4.69) is 15.5 Å². The van der Waals surface area contributed by atoms with Gasteiger partial charge in [0, 0.05) is 24.0 Å². The molecule has 3 aromatic rings. The fourth-order valence-corrected chi connectivity index (χ4v) is 3.63. The second kappa shape index (κ2) is 6.83. The van der Waals surface area contributed by atoms with Crippen molar-refractivity contribution in [2.24, 2.45) is 0 Å². The van der Waals surface area contributed by atoms with Gasteiger partial charge in [0.1, 0.15) is 5.82 Å². The number of amides is 2. The quantitative estimate of drug-likeness (QED) is 0.623. The Hall–Kier alpha value is -2.64. The van der Waals surface area contributed by atoms with E-state index >= 15 is 0 Å². The molecule has 0 unspecified atom stereocenters. The molecule has 1 saturated heterocycles. The average Bonchev–Trinajstić information content (AvgIpc) is 3.07. The van der Waals surface area contributed by atoms with Crippen LogP contribution in [-0.4, -0.2) is 39.3 Å². The Morgan fingerprint density at radius 3 is 2.74 bits per heavy atom. The summed E-state index contributed by atoms with van der Waals surface area (Å²) >= 11 is 5.83. The van der Waals surface area contributed by atoms with Crippen LogP contribution in [0.2, 0.25) is 5.02 Å². The number of aliphatic hydroxyl groups is 1. The van der Waals surface area contributed by atoms with Crippen molar-refractivity contribution in [1.82, 2.24) is 15.1 Å². The molecule has 1 fully saturated rings. The molecule has 1 aromatic heterocycles. The van der Waals surface area contributed by atoms with E-state index in [4.69, 9.17) is 11.6 Å². The van der Waals surface area contributed by atoms with Gasteiger partial charge in [-0.15, -0.1) is 0 Å². The van der Waals surface area contributed by atoms with Crippen LogP contribution in [0.4, 0.5) is 15.0 Å². The van der Waals surface area contributed by atoms with E-state index in [1.807, 2.05) is 24.3 Å². The lowest BCUT2D eigenvalue weighted by Crippen LogP contribution is -2.47. The van der Waals surface area contributed by atoms with Gasteiger partial charge in [0.2, 0.25) is 0 Å². The molecule has 0 spiro atoms. The lowest BCUT2D eigenvalue weighted by atomic mass is 9.84. The number of hydrogen-bond acceptors (Lipinski definition) is 3. The summed E-state index contributed by atoms with van der Waals surface area (Å²) < 4.78 is 14.3. The molecule has 0 bridgehead atoms. The van der Waals surface area contributed by atoms with E-state index < -0.39 is 11.4 Å². The number of carbonyl (C=O) groups is 1. The zero-order valence-corrected chi connectivity index (χ0v) is 15.1. The van der Waals surface area contributed by atoms with E-state index in [0.717, 1.165) is 10.9 Å². The van der Waals surface area contributed by atoms with E-state index in [9.17, 15) is 14.3 Å². The Morgan fingerprint density at radius 2 is 1.96 bits per heavy atom. The number of para-hydroxylation sites is 1. The fraction of sp³-hybridized carbons (Fsp3) is 0.263. The first-order chi connectivity index (χ1) is 13.0. The number of likely N-dealkylation sites (tertiary alicyclic amines) is 1. The predicted molar refractivity (Wildman–Crippen MR) is 101 cm³/mol. The zero-order chi connectivity index (χ0) is 19.0. The SMILES string of the molecule is O=C(Nc1n[nH]c2ccccc12)N1CCC(O)(c2cccc(Cl)c2F)CC1. The van der Waals surface area contributed by atoms with Crippen LogP contribution >= 0.6 is 11.6 Å². The van der Waals surface area contributed by atoms with E-state index in [0.29, 0.717) is 5.82 Å². The molecule has 8 heteroatoms. The third-order valence-corrected chi connectivity index (χ3v) is 5.32. The van der Waals surface area contributed by atoms with Crippen molar-refractivity contribution in [3.05, 3.63) is 58.9 Å². The first kappa shape index (κ1) is 17.8. The molecular weight excluding hydrogens is 371 g/mol. The van der Waals surface area contributed by atoms with Gasteiger partial charge >= 0.3 is 6.03 Å². The number of anilines is 1. The maximum atomic E-state index is 14.3. The molecule has 0 aliphatic carbocycles. The van der Waals surface area contributed by atoms with Crippen LogP contribution in [0.25, 0.3) is 10.9 Å². The number of aromatic amines is 1. The van der Waals surface area contributed by atoms with E-state index in [1.54, 1.807) is 11.0 Å². The van der Waals surface area contributed by atoms with Crippen molar-refractivity contribution >= 4 is 34.4 Å². The van der Waals surface area contributed by atoms with Crippen molar-refractivity contribution in [2.75, 3.05) is 18.4 Å². The topological polar surface area (TPSA) is 81.2 Å². The Labute approximate surface area is 159 Å². The molecular formula is C19H18ClFN4O2. The number of aromatic nitrogens is 2. The lowest BCUT2D eigenvalue weighted by Gasteiger charge is -2.38. The van der Waals surface area contributed by atoms with Crippen LogP contribution < -0.4 is 5.32 Å².